The van der Waals surface area contributed by atoms with Crippen molar-refractivity contribution in [3.63, 3.8) is 0 Å². The van der Waals surface area contributed by atoms with E-state index >= 15 is 0 Å². The van der Waals surface area contributed by atoms with Crippen LogP contribution in [0.3, 0.4) is 0 Å². The molecule has 370 valence electrons. The van der Waals surface area contributed by atoms with Gasteiger partial charge in [0, 0.05) is 69.4 Å². The van der Waals surface area contributed by atoms with Gasteiger partial charge < -0.3 is 0 Å². The summed E-state index contributed by atoms with van der Waals surface area (Å²) in [6.45, 7) is 4.32. The molecular weight excluding hydrogens is 953 g/mol. The molecule has 0 N–H and O–H groups in total. The van der Waals surface area contributed by atoms with Crippen LogP contribution in [0.1, 0.15) is 70.7 Å². The van der Waals surface area contributed by atoms with E-state index in [1.165, 1.54) is 33.4 Å². The van der Waals surface area contributed by atoms with Gasteiger partial charge in [0.2, 0.25) is 0 Å². The van der Waals surface area contributed by atoms with E-state index in [0.717, 1.165) is 114 Å². The Labute approximate surface area is 452 Å². The van der Waals surface area contributed by atoms with Crippen LogP contribution in [0.4, 0.5) is 0 Å². The zero-order valence-electron chi connectivity index (χ0n) is 43.1. The maximum absolute atomic E-state index is 5.34. The van der Waals surface area contributed by atoms with Gasteiger partial charge in [-0.2, -0.15) is 0 Å². The summed E-state index contributed by atoms with van der Waals surface area (Å²) in [4.78, 5) is 31.2. The number of aryl methyl sites for hydroxylation is 2. The number of para-hydroxylation sites is 4. The Balaban J connectivity index is 0.836. The second kappa shape index (κ2) is 18.4. The molecule has 0 fully saturated rings. The Bertz CT molecular complexity index is 4210. The van der Waals surface area contributed by atoms with Crippen LogP contribution in [-0.2, 0) is 12.8 Å². The Morgan fingerprint density at radius 3 is 1.08 bits per heavy atom. The number of fused-ring (bicyclic) bond motifs is 2. The fourth-order valence-corrected chi connectivity index (χ4v) is 12.3. The second-order valence-corrected chi connectivity index (χ2v) is 20.4. The fraction of sp³-hybridized carbons (Fsp3) is 0.0857. The van der Waals surface area contributed by atoms with Crippen molar-refractivity contribution in [1.82, 2.24) is 39.0 Å². The SMILES string of the molecule is CCc1nc2ccccc2n1-c1cccc(-c2cc(-c3ccc4c(c3)C3c5ccccc5C4c4cc(-c5cc(-c6cccc(-n7c(CC)nc8ccccc87)c6)nc(-c6ccccc6)n5)ccc43)nc(-c3ccccc3)n2)c1. The van der Waals surface area contributed by atoms with Crippen LogP contribution in [0.15, 0.2) is 231 Å². The van der Waals surface area contributed by atoms with Gasteiger partial charge in [0.15, 0.2) is 11.6 Å². The summed E-state index contributed by atoms with van der Waals surface area (Å²) in [6, 6.07) is 82.0. The van der Waals surface area contributed by atoms with Crippen LogP contribution < -0.4 is 0 Å². The van der Waals surface area contributed by atoms with Crippen molar-refractivity contribution in [2.75, 3.05) is 0 Å². The molecule has 2 bridgehead atoms. The van der Waals surface area contributed by atoms with Crippen LogP contribution in [-0.4, -0.2) is 39.0 Å². The topological polar surface area (TPSA) is 87.2 Å². The Morgan fingerprint density at radius 1 is 0.295 bits per heavy atom. The van der Waals surface area contributed by atoms with Crippen molar-refractivity contribution < 1.29 is 0 Å². The zero-order chi connectivity index (χ0) is 51.8. The number of benzene rings is 9. The molecule has 16 rings (SSSR count). The average Bonchev–Trinajstić information content (AvgIpc) is 4.24. The summed E-state index contributed by atoms with van der Waals surface area (Å²) < 4.78 is 4.55. The first-order chi connectivity index (χ1) is 38.5. The lowest BCUT2D eigenvalue weighted by atomic mass is 9.60. The maximum atomic E-state index is 5.34. The highest BCUT2D eigenvalue weighted by atomic mass is 15.1. The Hall–Kier alpha value is -9.92. The van der Waals surface area contributed by atoms with Gasteiger partial charge >= 0.3 is 0 Å². The Morgan fingerprint density at radius 2 is 0.654 bits per heavy atom. The fourth-order valence-electron chi connectivity index (χ4n) is 12.3. The largest absolute Gasteiger partial charge is 0.296 e. The predicted molar refractivity (Wildman–Crippen MR) is 313 cm³/mol. The molecule has 0 spiro atoms. The minimum absolute atomic E-state index is 0.0328. The lowest BCUT2D eigenvalue weighted by molar-refractivity contribution is 0.755. The van der Waals surface area contributed by atoms with Gasteiger partial charge in [0.1, 0.15) is 11.6 Å². The van der Waals surface area contributed by atoms with Gasteiger partial charge in [0.05, 0.1) is 44.8 Å². The summed E-state index contributed by atoms with van der Waals surface area (Å²) >= 11 is 0. The molecule has 8 heteroatoms. The number of nitrogens with zero attached hydrogens (tertiary/aromatic N) is 8. The summed E-state index contributed by atoms with van der Waals surface area (Å²) in [7, 11) is 0. The molecular formula is C70H50N8. The third-order valence-corrected chi connectivity index (χ3v) is 15.8. The lowest BCUT2D eigenvalue weighted by Crippen LogP contribution is -2.27. The molecule has 3 aliphatic rings. The van der Waals surface area contributed by atoms with E-state index in [2.05, 4.69) is 229 Å². The monoisotopic (exact) mass is 1000 g/mol. The van der Waals surface area contributed by atoms with Gasteiger partial charge in [0.25, 0.3) is 0 Å². The van der Waals surface area contributed by atoms with E-state index in [9.17, 15) is 0 Å². The lowest BCUT2D eigenvalue weighted by Gasteiger charge is -2.42. The van der Waals surface area contributed by atoms with Gasteiger partial charge in [-0.3, -0.25) is 9.13 Å². The summed E-state index contributed by atoms with van der Waals surface area (Å²) in [5.41, 5.74) is 23.8. The predicted octanol–water partition coefficient (Wildman–Crippen LogP) is 16.1. The molecule has 4 aromatic heterocycles. The molecule has 78 heavy (non-hydrogen) atoms. The highest BCUT2D eigenvalue weighted by molar-refractivity contribution is 5.83. The molecule has 0 saturated heterocycles. The average molecular weight is 1000 g/mol. The smallest absolute Gasteiger partial charge is 0.160 e. The van der Waals surface area contributed by atoms with Crippen LogP contribution in [0, 0.1) is 0 Å². The molecule has 4 heterocycles. The standard InChI is InChI=1S/C70H50N8/c1-3-65-71-57-29-13-15-31-63(57)77(65)49-25-17-23-45(37-49)59-41-61(75-69(73-59)43-19-7-5-8-20-43)47-33-35-53-55(39-47)67-51-27-11-12-28-52(51)68(53)56-40-48(34-36-54(56)67)62-42-60(74-70(76-62)44-21-9-6-10-22-44)46-24-18-26-50(38-46)78-64-32-16-14-30-58(64)72-66(78)4-2/h5-42,67-68H,3-4H2,1-2H3. The summed E-state index contributed by atoms with van der Waals surface area (Å²) in [5, 5.41) is 0. The molecule has 8 nitrogen and oxygen atoms in total. The van der Waals surface area contributed by atoms with Crippen molar-refractivity contribution in [2.24, 2.45) is 0 Å². The van der Waals surface area contributed by atoms with Gasteiger partial charge in [-0.05, 0) is 106 Å². The molecule has 0 amide bonds. The number of hydrogen-bond acceptors (Lipinski definition) is 6. The molecule has 13 aromatic rings. The first-order valence-corrected chi connectivity index (χ1v) is 27.0. The minimum atomic E-state index is 0.0328. The molecule has 2 atom stereocenters. The van der Waals surface area contributed by atoms with Crippen molar-refractivity contribution in [3.05, 3.63) is 276 Å². The van der Waals surface area contributed by atoms with Crippen LogP contribution in [0.25, 0.3) is 101 Å². The molecule has 0 aliphatic heterocycles. The molecule has 2 unspecified atom stereocenters. The number of aromatic nitrogens is 8. The molecule has 0 saturated carbocycles. The van der Waals surface area contributed by atoms with E-state index in [1.54, 1.807) is 0 Å². The highest BCUT2D eigenvalue weighted by Crippen LogP contribution is 2.57. The molecule has 0 radical (unpaired) electrons. The number of imidazole rings is 2. The summed E-state index contributed by atoms with van der Waals surface area (Å²) in [6.07, 6.45) is 1.62. The molecule has 9 aromatic carbocycles. The van der Waals surface area contributed by atoms with E-state index in [4.69, 9.17) is 29.9 Å². The van der Waals surface area contributed by atoms with Gasteiger partial charge in [-0.15, -0.1) is 0 Å². The van der Waals surface area contributed by atoms with Crippen molar-refractivity contribution in [3.8, 4) is 79.2 Å². The van der Waals surface area contributed by atoms with Crippen molar-refractivity contribution >= 4 is 22.1 Å². The maximum Gasteiger partial charge on any atom is 0.160 e. The van der Waals surface area contributed by atoms with Crippen molar-refractivity contribution in [2.45, 2.75) is 38.5 Å². The number of rotatable bonds is 10. The minimum Gasteiger partial charge on any atom is -0.296 e. The normalized spacial score (nSPS) is 14.1. The second-order valence-electron chi connectivity index (χ2n) is 20.4. The third-order valence-electron chi connectivity index (χ3n) is 15.8. The van der Waals surface area contributed by atoms with Gasteiger partial charge in [-0.25, -0.2) is 29.9 Å². The van der Waals surface area contributed by atoms with E-state index in [-0.39, 0.29) is 11.8 Å². The van der Waals surface area contributed by atoms with Crippen LogP contribution in [0.5, 0.6) is 0 Å². The first kappa shape index (κ1) is 45.5. The van der Waals surface area contributed by atoms with Gasteiger partial charge in [-0.1, -0.05) is 172 Å². The Kier molecular flexibility index (Phi) is 10.7. The van der Waals surface area contributed by atoms with Crippen molar-refractivity contribution in [1.29, 1.82) is 0 Å². The molecule has 3 aliphatic carbocycles. The third kappa shape index (κ3) is 7.51. The van der Waals surface area contributed by atoms with E-state index in [1.807, 2.05) is 24.3 Å². The van der Waals surface area contributed by atoms with E-state index < -0.39 is 0 Å². The van der Waals surface area contributed by atoms with Crippen LogP contribution >= 0.6 is 0 Å². The highest BCUT2D eigenvalue weighted by Gasteiger charge is 2.41. The van der Waals surface area contributed by atoms with E-state index in [0.29, 0.717) is 11.6 Å². The zero-order valence-corrected chi connectivity index (χ0v) is 43.1. The quantitative estimate of drug-likeness (QED) is 0.136. The first-order valence-electron chi connectivity index (χ1n) is 27.0. The number of hydrogen-bond donors (Lipinski definition) is 0. The van der Waals surface area contributed by atoms with Crippen LogP contribution in [0.2, 0.25) is 0 Å². The summed E-state index contributed by atoms with van der Waals surface area (Å²) in [5.74, 6) is 3.48.